The number of hydrogen-bond acceptors (Lipinski definition) is 3. The van der Waals surface area contributed by atoms with Gasteiger partial charge in [-0.1, -0.05) is 133 Å². The summed E-state index contributed by atoms with van der Waals surface area (Å²) in [5.41, 5.74) is 9.34. The fraction of sp³-hybridized carbons (Fsp3) is 0. The molecule has 0 saturated heterocycles. The molecule has 2 aromatic heterocycles. The third-order valence-electron chi connectivity index (χ3n) is 9.91. The summed E-state index contributed by atoms with van der Waals surface area (Å²) >= 11 is 0. The molecule has 0 unspecified atom stereocenters. The standard InChI is InChI=1S/C47H30N2O/c1-2-10-31(11-3-1)32-18-23-35(24-19-32)49(43-30-42-37-13-5-4-12-33(37)22-27-39(42)38-14-6-7-15-40(38)43)36-25-20-34(21-26-36)47-46-41-16-8-9-17-44(41)50-45(46)28-29-48-47/h1-30H. The van der Waals surface area contributed by atoms with Crippen LogP contribution >= 0.6 is 0 Å². The van der Waals surface area contributed by atoms with Crippen LogP contribution < -0.4 is 4.90 Å². The van der Waals surface area contributed by atoms with E-state index in [-0.39, 0.29) is 0 Å². The Labute approximate surface area is 289 Å². The number of aromatic nitrogens is 1. The lowest BCUT2D eigenvalue weighted by Crippen LogP contribution is -2.10. The van der Waals surface area contributed by atoms with Crippen molar-refractivity contribution in [3.8, 4) is 22.4 Å². The minimum Gasteiger partial charge on any atom is -0.456 e. The average Bonchev–Trinajstić information content (AvgIpc) is 3.58. The Morgan fingerprint density at radius 1 is 0.400 bits per heavy atom. The molecule has 0 N–H and O–H groups in total. The van der Waals surface area contributed by atoms with Crippen LogP contribution in [-0.4, -0.2) is 4.98 Å². The van der Waals surface area contributed by atoms with Gasteiger partial charge in [0.2, 0.25) is 0 Å². The van der Waals surface area contributed by atoms with Crippen LogP contribution in [0.3, 0.4) is 0 Å². The summed E-state index contributed by atoms with van der Waals surface area (Å²) in [6.07, 6.45) is 1.83. The Morgan fingerprint density at radius 2 is 1.00 bits per heavy atom. The van der Waals surface area contributed by atoms with Crippen LogP contribution in [0, 0.1) is 0 Å². The number of para-hydroxylation sites is 1. The molecular weight excluding hydrogens is 609 g/mol. The summed E-state index contributed by atoms with van der Waals surface area (Å²) < 4.78 is 6.19. The molecule has 0 fully saturated rings. The first kappa shape index (κ1) is 28.3. The first-order valence-electron chi connectivity index (χ1n) is 17.0. The molecule has 0 spiro atoms. The van der Waals surface area contributed by atoms with E-state index in [0.717, 1.165) is 50.3 Å². The van der Waals surface area contributed by atoms with Crippen LogP contribution in [0.25, 0.3) is 76.6 Å². The molecule has 0 aliphatic carbocycles. The Balaban J connectivity index is 1.19. The van der Waals surface area contributed by atoms with Crippen LogP contribution in [0.5, 0.6) is 0 Å². The van der Waals surface area contributed by atoms with Gasteiger partial charge in [0.1, 0.15) is 11.2 Å². The molecule has 8 aromatic carbocycles. The lowest BCUT2D eigenvalue weighted by molar-refractivity contribution is 0.668. The van der Waals surface area contributed by atoms with Crippen molar-refractivity contribution >= 4 is 71.3 Å². The second kappa shape index (κ2) is 11.5. The zero-order valence-electron chi connectivity index (χ0n) is 27.1. The second-order valence-electron chi connectivity index (χ2n) is 12.7. The van der Waals surface area contributed by atoms with Crippen LogP contribution in [0.4, 0.5) is 17.1 Å². The number of furan rings is 1. The summed E-state index contributed by atoms with van der Waals surface area (Å²) in [5.74, 6) is 0. The zero-order valence-corrected chi connectivity index (χ0v) is 27.1. The molecule has 0 bridgehead atoms. The van der Waals surface area contributed by atoms with E-state index in [1.54, 1.807) is 0 Å². The fourth-order valence-corrected chi connectivity index (χ4v) is 7.54. The molecular formula is C47H30N2O. The zero-order chi connectivity index (χ0) is 33.0. The van der Waals surface area contributed by atoms with Gasteiger partial charge in [0.05, 0.1) is 16.8 Å². The van der Waals surface area contributed by atoms with E-state index in [1.165, 1.54) is 43.4 Å². The first-order valence-corrected chi connectivity index (χ1v) is 17.0. The van der Waals surface area contributed by atoms with Crippen molar-refractivity contribution in [2.24, 2.45) is 0 Å². The van der Waals surface area contributed by atoms with Gasteiger partial charge in [-0.2, -0.15) is 0 Å². The van der Waals surface area contributed by atoms with Gasteiger partial charge in [0.15, 0.2) is 0 Å². The lowest BCUT2D eigenvalue weighted by atomic mass is 9.95. The van der Waals surface area contributed by atoms with Crippen molar-refractivity contribution in [1.29, 1.82) is 0 Å². The molecule has 0 aliphatic rings. The van der Waals surface area contributed by atoms with Crippen LogP contribution in [0.15, 0.2) is 187 Å². The maximum atomic E-state index is 6.19. The van der Waals surface area contributed by atoms with Gasteiger partial charge in [-0.05, 0) is 80.5 Å². The highest BCUT2D eigenvalue weighted by Gasteiger charge is 2.20. The number of pyridine rings is 1. The van der Waals surface area contributed by atoms with Gasteiger partial charge in [0, 0.05) is 33.9 Å². The van der Waals surface area contributed by atoms with E-state index >= 15 is 0 Å². The largest absolute Gasteiger partial charge is 0.456 e. The SMILES string of the molecule is c1ccc(-c2ccc(N(c3ccc(-c4nccc5oc6ccccc6c45)cc3)c3cc4c5ccccc5ccc4c4ccccc34)cc2)cc1. The fourth-order valence-electron chi connectivity index (χ4n) is 7.54. The minimum absolute atomic E-state index is 0.843. The topological polar surface area (TPSA) is 29.3 Å². The Kier molecular flexibility index (Phi) is 6.49. The van der Waals surface area contributed by atoms with E-state index < -0.39 is 0 Å². The monoisotopic (exact) mass is 638 g/mol. The highest BCUT2D eigenvalue weighted by molar-refractivity contribution is 6.21. The lowest BCUT2D eigenvalue weighted by Gasteiger charge is -2.28. The summed E-state index contributed by atoms with van der Waals surface area (Å²) in [6.45, 7) is 0. The number of fused-ring (bicyclic) bond motifs is 8. The number of hydrogen-bond donors (Lipinski definition) is 0. The predicted octanol–water partition coefficient (Wildman–Crippen LogP) is 13.2. The van der Waals surface area contributed by atoms with Crippen molar-refractivity contribution in [1.82, 2.24) is 4.98 Å². The van der Waals surface area contributed by atoms with Crippen LogP contribution in [-0.2, 0) is 0 Å². The van der Waals surface area contributed by atoms with Crippen LogP contribution in [0.1, 0.15) is 0 Å². The van der Waals surface area contributed by atoms with Crippen molar-refractivity contribution in [2.45, 2.75) is 0 Å². The van der Waals surface area contributed by atoms with Gasteiger partial charge >= 0.3 is 0 Å². The van der Waals surface area contributed by atoms with Crippen molar-refractivity contribution < 1.29 is 4.42 Å². The number of rotatable bonds is 5. The van der Waals surface area contributed by atoms with E-state index in [9.17, 15) is 0 Å². The normalized spacial score (nSPS) is 11.6. The van der Waals surface area contributed by atoms with Gasteiger partial charge in [-0.3, -0.25) is 4.98 Å². The summed E-state index contributed by atoms with van der Waals surface area (Å²) in [7, 11) is 0. The van der Waals surface area contributed by atoms with E-state index in [0.29, 0.717) is 0 Å². The average molecular weight is 639 g/mol. The molecule has 234 valence electrons. The third-order valence-corrected chi connectivity index (χ3v) is 9.91. The summed E-state index contributed by atoms with van der Waals surface area (Å²) in [4.78, 5) is 7.25. The molecule has 0 amide bonds. The van der Waals surface area contributed by atoms with Crippen molar-refractivity contribution in [3.05, 3.63) is 182 Å². The molecule has 0 radical (unpaired) electrons. The highest BCUT2D eigenvalue weighted by atomic mass is 16.3. The maximum Gasteiger partial charge on any atom is 0.139 e. The van der Waals surface area contributed by atoms with Crippen molar-refractivity contribution in [3.63, 3.8) is 0 Å². The van der Waals surface area contributed by atoms with Gasteiger partial charge in [0.25, 0.3) is 0 Å². The quantitative estimate of drug-likeness (QED) is 0.176. The Morgan fingerprint density at radius 3 is 1.78 bits per heavy atom. The molecule has 3 heteroatoms. The molecule has 50 heavy (non-hydrogen) atoms. The molecule has 0 aliphatic heterocycles. The van der Waals surface area contributed by atoms with Gasteiger partial charge < -0.3 is 9.32 Å². The Hall–Kier alpha value is -6.71. The minimum atomic E-state index is 0.843. The summed E-state index contributed by atoms with van der Waals surface area (Å²) in [6, 6.07) is 62.7. The first-order chi connectivity index (χ1) is 24.8. The van der Waals surface area contributed by atoms with Crippen LogP contribution in [0.2, 0.25) is 0 Å². The Bertz CT molecular complexity index is 2850. The molecule has 10 aromatic rings. The molecule has 2 heterocycles. The molecule has 0 saturated carbocycles. The maximum absolute atomic E-state index is 6.19. The van der Waals surface area contributed by atoms with E-state index in [2.05, 4.69) is 163 Å². The van der Waals surface area contributed by atoms with E-state index in [4.69, 9.17) is 9.40 Å². The molecule has 10 rings (SSSR count). The van der Waals surface area contributed by atoms with Gasteiger partial charge in [-0.25, -0.2) is 0 Å². The number of anilines is 3. The van der Waals surface area contributed by atoms with Gasteiger partial charge in [-0.15, -0.1) is 0 Å². The number of benzene rings is 8. The highest BCUT2D eigenvalue weighted by Crippen LogP contribution is 2.44. The van der Waals surface area contributed by atoms with Crippen molar-refractivity contribution in [2.75, 3.05) is 4.90 Å². The number of nitrogens with zero attached hydrogens (tertiary/aromatic N) is 2. The molecule has 3 nitrogen and oxygen atoms in total. The second-order valence-corrected chi connectivity index (χ2v) is 12.7. The smallest absolute Gasteiger partial charge is 0.139 e. The van der Waals surface area contributed by atoms with E-state index in [1.807, 2.05) is 24.4 Å². The summed E-state index contributed by atoms with van der Waals surface area (Å²) in [5, 5.41) is 9.52. The molecule has 0 atom stereocenters. The third kappa shape index (κ3) is 4.56. The predicted molar refractivity (Wildman–Crippen MR) is 210 cm³/mol.